The van der Waals surface area contributed by atoms with Crippen molar-refractivity contribution in [3.8, 4) is 0 Å². The van der Waals surface area contributed by atoms with Gasteiger partial charge in [-0.05, 0) is 25.2 Å². The third-order valence-electron chi connectivity index (χ3n) is 2.62. The molecule has 1 unspecified atom stereocenters. The normalized spacial score (nSPS) is 12.7. The van der Waals surface area contributed by atoms with Gasteiger partial charge < -0.3 is 5.32 Å². The monoisotopic (exact) mass is 385 g/mol. The van der Waals surface area contributed by atoms with Gasteiger partial charge in [-0.1, -0.05) is 39.1 Å². The molecule has 0 aliphatic carbocycles. The molecule has 19 heavy (non-hydrogen) atoms. The predicted molar refractivity (Wildman–Crippen MR) is 79.3 cm³/mol. The lowest BCUT2D eigenvalue weighted by Gasteiger charge is -2.18. The largest absolute Gasteiger partial charge is 0.309 e. The summed E-state index contributed by atoms with van der Waals surface area (Å²) in [5.74, 6) is -1.30. The van der Waals surface area contributed by atoms with Gasteiger partial charge >= 0.3 is 0 Å². The predicted octanol–water partition coefficient (Wildman–Crippen LogP) is 5.40. The first-order valence-electron chi connectivity index (χ1n) is 5.20. The second-order valence-corrected chi connectivity index (χ2v) is 6.99. The molecule has 0 bridgehead atoms. The van der Waals surface area contributed by atoms with Crippen LogP contribution in [0.15, 0.2) is 22.7 Å². The molecule has 0 spiro atoms. The molecule has 1 aromatic carbocycles. The Morgan fingerprint density at radius 3 is 2.21 bits per heavy atom. The van der Waals surface area contributed by atoms with Gasteiger partial charge in [0.05, 0.1) is 14.7 Å². The summed E-state index contributed by atoms with van der Waals surface area (Å²) < 4.78 is 29.2. The van der Waals surface area contributed by atoms with Crippen LogP contribution in [-0.2, 0) is 0 Å². The SMILES string of the molecule is CNC(c1cc(Cl)sc1Cl)c1c(F)cc(Br)cc1F. The topological polar surface area (TPSA) is 12.0 Å². The minimum absolute atomic E-state index is 0.0814. The Labute approximate surface area is 131 Å². The number of halogens is 5. The van der Waals surface area contributed by atoms with E-state index in [-0.39, 0.29) is 5.56 Å². The van der Waals surface area contributed by atoms with Crippen LogP contribution >= 0.6 is 50.5 Å². The van der Waals surface area contributed by atoms with Gasteiger partial charge in [-0.25, -0.2) is 8.78 Å². The van der Waals surface area contributed by atoms with Gasteiger partial charge in [0.1, 0.15) is 11.6 Å². The van der Waals surface area contributed by atoms with Crippen molar-refractivity contribution in [1.29, 1.82) is 0 Å². The van der Waals surface area contributed by atoms with Crippen molar-refractivity contribution in [2.24, 2.45) is 0 Å². The van der Waals surface area contributed by atoms with Crippen LogP contribution in [0.25, 0.3) is 0 Å². The quantitative estimate of drug-likeness (QED) is 0.744. The molecule has 1 aromatic heterocycles. The van der Waals surface area contributed by atoms with Crippen molar-refractivity contribution in [3.05, 3.63) is 54.1 Å². The highest BCUT2D eigenvalue weighted by Crippen LogP contribution is 2.39. The molecular weight excluding hydrogens is 379 g/mol. The van der Waals surface area contributed by atoms with Gasteiger partial charge in [-0.2, -0.15) is 0 Å². The summed E-state index contributed by atoms with van der Waals surface area (Å²) in [6.45, 7) is 0. The molecule has 1 N–H and O–H groups in total. The van der Waals surface area contributed by atoms with E-state index >= 15 is 0 Å². The number of thiophene rings is 1. The maximum Gasteiger partial charge on any atom is 0.132 e. The molecule has 0 aliphatic rings. The summed E-state index contributed by atoms with van der Waals surface area (Å²) in [7, 11) is 1.60. The lowest BCUT2D eigenvalue weighted by molar-refractivity contribution is 0.521. The second-order valence-electron chi connectivity index (χ2n) is 3.78. The Bertz CT molecular complexity index is 595. The molecule has 2 rings (SSSR count). The summed E-state index contributed by atoms with van der Waals surface area (Å²) in [4.78, 5) is 0. The maximum atomic E-state index is 14.0. The van der Waals surface area contributed by atoms with E-state index in [1.54, 1.807) is 13.1 Å². The van der Waals surface area contributed by atoms with Crippen LogP contribution in [0.4, 0.5) is 8.78 Å². The van der Waals surface area contributed by atoms with E-state index in [4.69, 9.17) is 23.2 Å². The van der Waals surface area contributed by atoms with Crippen molar-refractivity contribution in [3.63, 3.8) is 0 Å². The Kier molecular flexibility index (Phi) is 4.84. The Hall–Kier alpha value is -0.200. The van der Waals surface area contributed by atoms with E-state index in [2.05, 4.69) is 21.2 Å². The van der Waals surface area contributed by atoms with Crippen molar-refractivity contribution >= 4 is 50.5 Å². The summed E-state index contributed by atoms with van der Waals surface area (Å²) >= 11 is 16.1. The lowest BCUT2D eigenvalue weighted by Crippen LogP contribution is -2.20. The van der Waals surface area contributed by atoms with Crippen LogP contribution in [0.2, 0.25) is 8.67 Å². The van der Waals surface area contributed by atoms with Gasteiger partial charge in [-0.3, -0.25) is 0 Å². The average molecular weight is 387 g/mol. The standard InChI is InChI=1S/C12H8BrCl2F2NS/c1-18-11(6-4-9(14)19-12(6)15)10-7(16)2-5(13)3-8(10)17/h2-4,11,18H,1H3. The summed E-state index contributed by atoms with van der Waals surface area (Å²) in [5, 5.41) is 2.86. The van der Waals surface area contributed by atoms with Crippen LogP contribution in [-0.4, -0.2) is 7.05 Å². The van der Waals surface area contributed by atoms with Crippen molar-refractivity contribution in [2.75, 3.05) is 7.05 Å². The van der Waals surface area contributed by atoms with Crippen LogP contribution in [0.1, 0.15) is 17.2 Å². The molecule has 0 radical (unpaired) electrons. The minimum atomic E-state index is -0.690. The van der Waals surface area contributed by atoms with Gasteiger partial charge in [0.15, 0.2) is 0 Å². The van der Waals surface area contributed by atoms with Crippen LogP contribution in [0.5, 0.6) is 0 Å². The van der Waals surface area contributed by atoms with Gasteiger partial charge in [-0.15, -0.1) is 11.3 Å². The zero-order valence-electron chi connectivity index (χ0n) is 9.61. The first-order chi connectivity index (χ1) is 8.93. The molecule has 0 aliphatic heterocycles. The number of benzene rings is 1. The molecule has 0 fully saturated rings. The fraction of sp³-hybridized carbons (Fsp3) is 0.167. The molecule has 0 saturated carbocycles. The number of rotatable bonds is 3. The second kappa shape index (κ2) is 6.06. The van der Waals surface area contributed by atoms with E-state index in [1.165, 1.54) is 12.1 Å². The smallest absolute Gasteiger partial charge is 0.132 e. The molecule has 1 atom stereocenters. The zero-order chi connectivity index (χ0) is 14.2. The molecule has 7 heteroatoms. The Morgan fingerprint density at radius 2 is 1.79 bits per heavy atom. The van der Waals surface area contributed by atoms with E-state index in [0.717, 1.165) is 11.3 Å². The van der Waals surface area contributed by atoms with Crippen molar-refractivity contribution < 1.29 is 8.78 Å². The number of hydrogen-bond acceptors (Lipinski definition) is 2. The summed E-state index contributed by atoms with van der Waals surface area (Å²) in [5.41, 5.74) is 0.473. The van der Waals surface area contributed by atoms with E-state index in [0.29, 0.717) is 18.7 Å². The highest BCUT2D eigenvalue weighted by molar-refractivity contribution is 9.10. The van der Waals surface area contributed by atoms with E-state index in [9.17, 15) is 8.78 Å². The third-order valence-corrected chi connectivity index (χ3v) is 4.59. The fourth-order valence-corrected chi connectivity index (χ4v) is 3.77. The molecule has 0 saturated heterocycles. The van der Waals surface area contributed by atoms with Crippen LogP contribution in [0.3, 0.4) is 0 Å². The molecule has 1 heterocycles. The fourth-order valence-electron chi connectivity index (χ4n) is 1.83. The maximum absolute atomic E-state index is 14.0. The van der Waals surface area contributed by atoms with Gasteiger partial charge in [0.25, 0.3) is 0 Å². The molecular formula is C12H8BrCl2F2NS. The van der Waals surface area contributed by atoms with Crippen molar-refractivity contribution in [1.82, 2.24) is 5.32 Å². The summed E-state index contributed by atoms with van der Waals surface area (Å²) in [6, 6.07) is 3.34. The number of nitrogens with one attached hydrogen (secondary N) is 1. The lowest BCUT2D eigenvalue weighted by atomic mass is 10.0. The Balaban J connectivity index is 2.57. The van der Waals surface area contributed by atoms with Gasteiger partial charge in [0, 0.05) is 15.6 Å². The first-order valence-corrected chi connectivity index (χ1v) is 7.57. The average Bonchev–Trinajstić information content (AvgIpc) is 2.62. The van der Waals surface area contributed by atoms with Crippen LogP contribution in [0, 0.1) is 11.6 Å². The van der Waals surface area contributed by atoms with Crippen molar-refractivity contribution in [2.45, 2.75) is 6.04 Å². The highest BCUT2D eigenvalue weighted by atomic mass is 79.9. The van der Waals surface area contributed by atoms with Crippen LogP contribution < -0.4 is 5.32 Å². The number of hydrogen-bond donors (Lipinski definition) is 1. The molecule has 1 nitrogen and oxygen atoms in total. The first kappa shape index (κ1) is 15.2. The molecule has 2 aromatic rings. The highest BCUT2D eigenvalue weighted by Gasteiger charge is 2.24. The molecule has 102 valence electrons. The zero-order valence-corrected chi connectivity index (χ0v) is 13.5. The van der Waals surface area contributed by atoms with E-state index < -0.39 is 17.7 Å². The third kappa shape index (κ3) is 3.11. The molecule has 0 amide bonds. The summed E-state index contributed by atoms with van der Waals surface area (Å²) in [6.07, 6.45) is 0. The van der Waals surface area contributed by atoms with E-state index in [1.807, 2.05) is 0 Å². The van der Waals surface area contributed by atoms with Gasteiger partial charge in [0.2, 0.25) is 0 Å². The minimum Gasteiger partial charge on any atom is -0.309 e. The Morgan fingerprint density at radius 1 is 1.21 bits per heavy atom.